The zero-order valence-corrected chi connectivity index (χ0v) is 12.0. The third-order valence-corrected chi connectivity index (χ3v) is 3.52. The van der Waals surface area contributed by atoms with E-state index >= 15 is 0 Å². The third-order valence-electron chi connectivity index (χ3n) is 3.52. The number of aliphatic hydroxyl groups excluding tert-OH is 1. The fourth-order valence-electron chi connectivity index (χ4n) is 2.15. The number of rotatable bonds is 6. The van der Waals surface area contributed by atoms with Crippen LogP contribution in [0, 0.1) is 5.92 Å². The van der Waals surface area contributed by atoms with Crippen LogP contribution in [0.3, 0.4) is 0 Å². The molecule has 6 nitrogen and oxygen atoms in total. The second kappa shape index (κ2) is 6.99. The maximum absolute atomic E-state index is 12.2. The highest BCUT2D eigenvalue weighted by Gasteiger charge is 2.14. The topological polar surface area (TPSA) is 83.7 Å². The third kappa shape index (κ3) is 3.46. The predicted molar refractivity (Wildman–Crippen MR) is 79.3 cm³/mol. The van der Waals surface area contributed by atoms with E-state index in [1.54, 1.807) is 24.4 Å². The Hall–Kier alpha value is -2.21. The molecule has 0 bridgehead atoms. The molecule has 0 aromatic carbocycles. The Morgan fingerprint density at radius 2 is 2.29 bits per heavy atom. The SMILES string of the molecule is CCC(CCO)CNC(=O)c1cnc2ccccn2c1=O. The van der Waals surface area contributed by atoms with E-state index < -0.39 is 5.91 Å². The Bertz CT molecular complexity index is 681. The molecule has 21 heavy (non-hydrogen) atoms. The highest BCUT2D eigenvalue weighted by Crippen LogP contribution is 2.06. The van der Waals surface area contributed by atoms with Gasteiger partial charge in [0, 0.05) is 25.5 Å². The van der Waals surface area contributed by atoms with E-state index in [0.29, 0.717) is 18.6 Å². The van der Waals surface area contributed by atoms with Crippen molar-refractivity contribution in [3.8, 4) is 0 Å². The number of hydrogen-bond donors (Lipinski definition) is 2. The average molecular weight is 289 g/mol. The highest BCUT2D eigenvalue weighted by molar-refractivity contribution is 5.93. The molecule has 2 aromatic rings. The molecule has 0 saturated carbocycles. The smallest absolute Gasteiger partial charge is 0.270 e. The van der Waals surface area contributed by atoms with Crippen molar-refractivity contribution in [1.29, 1.82) is 0 Å². The van der Waals surface area contributed by atoms with Crippen molar-refractivity contribution in [2.75, 3.05) is 13.2 Å². The first-order chi connectivity index (χ1) is 10.2. The Kier molecular flexibility index (Phi) is 5.05. The van der Waals surface area contributed by atoms with Crippen LogP contribution >= 0.6 is 0 Å². The normalized spacial score (nSPS) is 12.3. The number of fused-ring (bicyclic) bond motifs is 1. The molecule has 0 aliphatic heterocycles. The van der Waals surface area contributed by atoms with Gasteiger partial charge in [-0.1, -0.05) is 19.4 Å². The lowest BCUT2D eigenvalue weighted by molar-refractivity contribution is 0.0941. The van der Waals surface area contributed by atoms with E-state index in [2.05, 4.69) is 10.3 Å². The van der Waals surface area contributed by atoms with Gasteiger partial charge in [0.15, 0.2) is 0 Å². The zero-order valence-electron chi connectivity index (χ0n) is 12.0. The molecular formula is C15H19N3O3. The summed E-state index contributed by atoms with van der Waals surface area (Å²) in [6, 6.07) is 5.20. The summed E-state index contributed by atoms with van der Waals surface area (Å²) in [4.78, 5) is 28.4. The van der Waals surface area contributed by atoms with E-state index in [0.717, 1.165) is 6.42 Å². The maximum Gasteiger partial charge on any atom is 0.270 e. The molecule has 0 radical (unpaired) electrons. The van der Waals surface area contributed by atoms with Gasteiger partial charge in [-0.05, 0) is 24.5 Å². The number of nitrogens with one attached hydrogen (secondary N) is 1. The molecule has 2 N–H and O–H groups in total. The number of carbonyl (C=O) groups excluding carboxylic acids is 1. The average Bonchev–Trinajstić information content (AvgIpc) is 2.51. The number of pyridine rings is 1. The monoisotopic (exact) mass is 289 g/mol. The Morgan fingerprint density at radius 3 is 3.00 bits per heavy atom. The lowest BCUT2D eigenvalue weighted by Gasteiger charge is -2.14. The van der Waals surface area contributed by atoms with E-state index in [9.17, 15) is 9.59 Å². The molecule has 112 valence electrons. The fourth-order valence-corrected chi connectivity index (χ4v) is 2.15. The minimum atomic E-state index is -0.429. The first-order valence-electron chi connectivity index (χ1n) is 7.02. The molecule has 2 heterocycles. The Balaban J connectivity index is 2.16. The van der Waals surface area contributed by atoms with E-state index in [4.69, 9.17) is 5.11 Å². The van der Waals surface area contributed by atoms with Crippen molar-refractivity contribution in [2.45, 2.75) is 19.8 Å². The number of aromatic nitrogens is 2. The van der Waals surface area contributed by atoms with Crippen molar-refractivity contribution < 1.29 is 9.90 Å². The first kappa shape index (κ1) is 15.2. The molecule has 6 heteroatoms. The van der Waals surface area contributed by atoms with Crippen LogP contribution in [0.2, 0.25) is 0 Å². The van der Waals surface area contributed by atoms with Gasteiger partial charge in [0.2, 0.25) is 0 Å². The number of aliphatic hydroxyl groups is 1. The van der Waals surface area contributed by atoms with Crippen LogP contribution in [-0.4, -0.2) is 33.6 Å². The number of amides is 1. The van der Waals surface area contributed by atoms with Gasteiger partial charge in [0.1, 0.15) is 11.2 Å². The van der Waals surface area contributed by atoms with Crippen LogP contribution in [0.1, 0.15) is 30.1 Å². The van der Waals surface area contributed by atoms with Gasteiger partial charge in [-0.3, -0.25) is 14.0 Å². The van der Waals surface area contributed by atoms with Gasteiger partial charge in [-0.2, -0.15) is 0 Å². The minimum absolute atomic E-state index is 0.0255. The second-order valence-electron chi connectivity index (χ2n) is 4.90. The molecule has 1 atom stereocenters. The van der Waals surface area contributed by atoms with Crippen molar-refractivity contribution in [3.63, 3.8) is 0 Å². The molecule has 0 fully saturated rings. The fraction of sp³-hybridized carbons (Fsp3) is 0.400. The molecular weight excluding hydrogens is 270 g/mol. The summed E-state index contributed by atoms with van der Waals surface area (Å²) in [5.41, 5.74) is 0.150. The quantitative estimate of drug-likeness (QED) is 0.825. The van der Waals surface area contributed by atoms with Gasteiger partial charge in [0.05, 0.1) is 0 Å². The predicted octanol–water partition coefficient (Wildman–Crippen LogP) is 0.833. The summed E-state index contributed by atoms with van der Waals surface area (Å²) in [7, 11) is 0. The van der Waals surface area contributed by atoms with Crippen LogP contribution in [0.15, 0.2) is 35.4 Å². The van der Waals surface area contributed by atoms with Crippen molar-refractivity contribution in [2.24, 2.45) is 5.92 Å². The van der Waals surface area contributed by atoms with E-state index in [1.165, 1.54) is 10.6 Å². The first-order valence-corrected chi connectivity index (χ1v) is 7.02. The van der Waals surface area contributed by atoms with Crippen LogP contribution in [0.25, 0.3) is 5.65 Å². The number of carbonyl (C=O) groups is 1. The van der Waals surface area contributed by atoms with Crippen molar-refractivity contribution >= 4 is 11.6 Å². The zero-order chi connectivity index (χ0) is 15.2. The number of hydrogen-bond acceptors (Lipinski definition) is 4. The summed E-state index contributed by atoms with van der Waals surface area (Å²) >= 11 is 0. The van der Waals surface area contributed by atoms with E-state index in [1.807, 2.05) is 6.92 Å². The summed E-state index contributed by atoms with van der Waals surface area (Å²) < 4.78 is 1.35. The lowest BCUT2D eigenvalue weighted by Crippen LogP contribution is -2.34. The van der Waals surface area contributed by atoms with Crippen LogP contribution in [-0.2, 0) is 0 Å². The summed E-state index contributed by atoms with van der Waals surface area (Å²) in [6.07, 6.45) is 4.38. The molecule has 2 aromatic heterocycles. The molecule has 0 aliphatic carbocycles. The summed E-state index contributed by atoms with van der Waals surface area (Å²) in [5, 5.41) is 11.7. The van der Waals surface area contributed by atoms with Crippen molar-refractivity contribution in [1.82, 2.24) is 14.7 Å². The molecule has 1 unspecified atom stereocenters. The second-order valence-corrected chi connectivity index (χ2v) is 4.90. The van der Waals surface area contributed by atoms with Crippen molar-refractivity contribution in [3.05, 3.63) is 46.5 Å². The standard InChI is InChI=1S/C15H19N3O3/c1-2-11(6-8-19)9-17-14(20)12-10-16-13-5-3-4-7-18(13)15(12)21/h3-5,7,10-11,19H,2,6,8-9H2,1H3,(H,17,20). The summed E-state index contributed by atoms with van der Waals surface area (Å²) in [5.74, 6) is -0.225. The van der Waals surface area contributed by atoms with Gasteiger partial charge in [0.25, 0.3) is 11.5 Å². The van der Waals surface area contributed by atoms with Gasteiger partial charge in [-0.25, -0.2) is 4.98 Å². The molecule has 0 spiro atoms. The van der Waals surface area contributed by atoms with Crippen LogP contribution < -0.4 is 10.9 Å². The maximum atomic E-state index is 12.2. The van der Waals surface area contributed by atoms with Gasteiger partial charge >= 0.3 is 0 Å². The summed E-state index contributed by atoms with van der Waals surface area (Å²) in [6.45, 7) is 2.53. The Labute approximate surface area is 122 Å². The van der Waals surface area contributed by atoms with Gasteiger partial charge in [-0.15, -0.1) is 0 Å². The molecule has 0 saturated heterocycles. The minimum Gasteiger partial charge on any atom is -0.396 e. The highest BCUT2D eigenvalue weighted by atomic mass is 16.3. The number of nitrogens with zero attached hydrogens (tertiary/aromatic N) is 2. The van der Waals surface area contributed by atoms with Crippen LogP contribution in [0.5, 0.6) is 0 Å². The van der Waals surface area contributed by atoms with Crippen LogP contribution in [0.4, 0.5) is 0 Å². The Morgan fingerprint density at radius 1 is 1.48 bits per heavy atom. The molecule has 0 aliphatic rings. The molecule has 1 amide bonds. The van der Waals surface area contributed by atoms with Gasteiger partial charge < -0.3 is 10.4 Å². The van der Waals surface area contributed by atoms with E-state index in [-0.39, 0.29) is 23.6 Å². The lowest BCUT2D eigenvalue weighted by atomic mass is 10.0. The largest absolute Gasteiger partial charge is 0.396 e. The molecule has 2 rings (SSSR count).